The van der Waals surface area contributed by atoms with Crippen molar-refractivity contribution in [2.75, 3.05) is 6.61 Å². The minimum atomic E-state index is -1.42. The highest BCUT2D eigenvalue weighted by Crippen LogP contribution is 2.27. The summed E-state index contributed by atoms with van der Waals surface area (Å²) in [6, 6.07) is 27.4. The Bertz CT molecular complexity index is 1010. The van der Waals surface area contributed by atoms with Crippen LogP contribution < -0.4 is 0 Å². The molecule has 0 bridgehead atoms. The van der Waals surface area contributed by atoms with E-state index in [2.05, 4.69) is 0 Å². The largest absolute Gasteiger partial charge is 0.453 e. The van der Waals surface area contributed by atoms with Gasteiger partial charge in [-0.15, -0.1) is 0 Å². The molecule has 5 atom stereocenters. The molecule has 0 saturated carbocycles. The van der Waals surface area contributed by atoms with Crippen LogP contribution in [0.3, 0.4) is 0 Å². The molecular formula is C27H28O7. The first-order chi connectivity index (χ1) is 16.6. The second-order valence-corrected chi connectivity index (χ2v) is 8.05. The molecule has 3 aromatic carbocycles. The minimum absolute atomic E-state index is 0.00115. The molecule has 5 unspecified atom stereocenters. The van der Waals surface area contributed by atoms with Crippen LogP contribution in [0.4, 0.5) is 0 Å². The highest BCUT2D eigenvalue weighted by Gasteiger charge is 2.47. The molecule has 0 aromatic heterocycles. The minimum Gasteiger partial charge on any atom is -0.453 e. The molecule has 4 rings (SSSR count). The van der Waals surface area contributed by atoms with E-state index in [1.807, 2.05) is 60.7 Å². The maximum Gasteiger partial charge on any atom is 0.338 e. The molecular weight excluding hydrogens is 436 g/mol. The molecule has 2 N–H and O–H groups in total. The summed E-state index contributed by atoms with van der Waals surface area (Å²) in [5, 5.41) is 21.6. The van der Waals surface area contributed by atoms with Crippen molar-refractivity contribution in [3.05, 3.63) is 108 Å². The maximum absolute atomic E-state index is 12.7. The average molecular weight is 465 g/mol. The number of ether oxygens (including phenoxy) is 4. The number of rotatable bonds is 9. The van der Waals surface area contributed by atoms with E-state index in [0.29, 0.717) is 12.2 Å². The van der Waals surface area contributed by atoms with Gasteiger partial charge < -0.3 is 29.2 Å². The zero-order chi connectivity index (χ0) is 23.8. The predicted molar refractivity (Wildman–Crippen MR) is 124 cm³/mol. The summed E-state index contributed by atoms with van der Waals surface area (Å²) in [5.41, 5.74) is 2.17. The molecule has 1 aliphatic heterocycles. The summed E-state index contributed by atoms with van der Waals surface area (Å²) in [4.78, 5) is 12.7. The molecule has 3 aromatic rings. The predicted octanol–water partition coefficient (Wildman–Crippen LogP) is 3.09. The highest BCUT2D eigenvalue weighted by molar-refractivity contribution is 5.89. The van der Waals surface area contributed by atoms with Crippen molar-refractivity contribution in [1.29, 1.82) is 0 Å². The Labute approximate surface area is 198 Å². The first-order valence-corrected chi connectivity index (χ1v) is 11.2. The number of esters is 1. The Morgan fingerprint density at radius 1 is 0.765 bits per heavy atom. The summed E-state index contributed by atoms with van der Waals surface area (Å²) in [5.74, 6) is -0.612. The Morgan fingerprint density at radius 2 is 1.32 bits per heavy atom. The van der Waals surface area contributed by atoms with Crippen molar-refractivity contribution in [1.82, 2.24) is 0 Å². The van der Waals surface area contributed by atoms with Gasteiger partial charge in [-0.2, -0.15) is 0 Å². The van der Waals surface area contributed by atoms with Crippen LogP contribution in [0.2, 0.25) is 0 Å². The van der Waals surface area contributed by atoms with Crippen molar-refractivity contribution < 1.29 is 34.0 Å². The number of carbonyl (C=O) groups excluding carboxylic acids is 1. The standard InChI is InChI=1S/C27H28O7/c28-23-24(34-26(29)21-14-8-3-9-15-21)22(18-31-16-19-10-4-1-5-11-19)33-27(30)25(23)32-17-20-12-6-2-7-13-20/h1-15,22-25,27-28,30H,16-18H2. The third-order valence-corrected chi connectivity index (χ3v) is 5.57. The lowest BCUT2D eigenvalue weighted by Gasteiger charge is -2.42. The summed E-state index contributed by atoms with van der Waals surface area (Å²) in [6.45, 7) is 0.457. The van der Waals surface area contributed by atoms with E-state index in [0.717, 1.165) is 11.1 Å². The Morgan fingerprint density at radius 3 is 1.94 bits per heavy atom. The third kappa shape index (κ3) is 6.28. The van der Waals surface area contributed by atoms with Gasteiger partial charge in [0.15, 0.2) is 12.4 Å². The molecule has 0 aliphatic carbocycles. The monoisotopic (exact) mass is 464 g/mol. The summed E-state index contributed by atoms with van der Waals surface area (Å²) < 4.78 is 22.9. The van der Waals surface area contributed by atoms with Crippen molar-refractivity contribution in [3.63, 3.8) is 0 Å². The number of hydrogen-bond acceptors (Lipinski definition) is 7. The Hall–Kier alpha value is -3.07. The van der Waals surface area contributed by atoms with Crippen LogP contribution >= 0.6 is 0 Å². The molecule has 7 heteroatoms. The van der Waals surface area contributed by atoms with E-state index in [1.54, 1.807) is 30.3 Å². The van der Waals surface area contributed by atoms with Gasteiger partial charge in [0, 0.05) is 0 Å². The fourth-order valence-electron chi connectivity index (χ4n) is 3.77. The van der Waals surface area contributed by atoms with Gasteiger partial charge in [-0.3, -0.25) is 0 Å². The van der Waals surface area contributed by atoms with Crippen molar-refractivity contribution in [2.24, 2.45) is 0 Å². The van der Waals surface area contributed by atoms with Crippen LogP contribution in [-0.2, 0) is 32.2 Å². The molecule has 7 nitrogen and oxygen atoms in total. The fourth-order valence-corrected chi connectivity index (χ4v) is 3.77. The van der Waals surface area contributed by atoms with Gasteiger partial charge in [-0.25, -0.2) is 4.79 Å². The van der Waals surface area contributed by atoms with E-state index in [4.69, 9.17) is 18.9 Å². The average Bonchev–Trinajstić information content (AvgIpc) is 2.88. The van der Waals surface area contributed by atoms with Gasteiger partial charge in [0.25, 0.3) is 0 Å². The number of carbonyl (C=O) groups is 1. The van der Waals surface area contributed by atoms with Gasteiger partial charge >= 0.3 is 5.97 Å². The van der Waals surface area contributed by atoms with Gasteiger partial charge in [0.05, 0.1) is 25.4 Å². The number of aliphatic hydroxyl groups is 2. The molecule has 178 valence electrons. The lowest BCUT2D eigenvalue weighted by atomic mass is 9.98. The second kappa shape index (κ2) is 11.9. The molecule has 1 fully saturated rings. The molecule has 34 heavy (non-hydrogen) atoms. The van der Waals surface area contributed by atoms with Gasteiger partial charge in [-0.05, 0) is 23.3 Å². The molecule has 1 aliphatic rings. The normalized spacial score (nSPS) is 24.5. The van der Waals surface area contributed by atoms with Crippen LogP contribution in [-0.4, -0.2) is 53.5 Å². The first kappa shape index (κ1) is 24.1. The maximum atomic E-state index is 12.7. The van der Waals surface area contributed by atoms with E-state index < -0.39 is 36.7 Å². The van der Waals surface area contributed by atoms with Crippen LogP contribution in [0.5, 0.6) is 0 Å². The molecule has 0 spiro atoms. The Kier molecular flexibility index (Phi) is 8.41. The van der Waals surface area contributed by atoms with Crippen LogP contribution in [0, 0.1) is 0 Å². The molecule has 1 heterocycles. The van der Waals surface area contributed by atoms with Crippen LogP contribution in [0.25, 0.3) is 0 Å². The quantitative estimate of drug-likeness (QED) is 0.470. The second-order valence-electron chi connectivity index (χ2n) is 8.05. The SMILES string of the molecule is O=C(OC1C(COCc2ccccc2)OC(O)C(OCc2ccccc2)C1O)c1ccccc1. The van der Waals surface area contributed by atoms with E-state index in [1.165, 1.54) is 0 Å². The lowest BCUT2D eigenvalue weighted by molar-refractivity contribution is -0.299. The smallest absolute Gasteiger partial charge is 0.338 e. The number of benzene rings is 3. The van der Waals surface area contributed by atoms with Gasteiger partial charge in [0.1, 0.15) is 18.3 Å². The van der Waals surface area contributed by atoms with Crippen LogP contribution in [0.15, 0.2) is 91.0 Å². The summed E-state index contributed by atoms with van der Waals surface area (Å²) in [6.07, 6.45) is -5.86. The van der Waals surface area contributed by atoms with E-state index >= 15 is 0 Å². The molecule has 0 amide bonds. The zero-order valence-electron chi connectivity index (χ0n) is 18.6. The topological polar surface area (TPSA) is 94.5 Å². The van der Waals surface area contributed by atoms with Crippen molar-refractivity contribution in [3.8, 4) is 0 Å². The highest BCUT2D eigenvalue weighted by atomic mass is 16.7. The van der Waals surface area contributed by atoms with E-state index in [-0.39, 0.29) is 13.2 Å². The molecule has 1 saturated heterocycles. The first-order valence-electron chi connectivity index (χ1n) is 11.2. The van der Waals surface area contributed by atoms with Crippen molar-refractivity contribution >= 4 is 5.97 Å². The summed E-state index contributed by atoms with van der Waals surface area (Å²) in [7, 11) is 0. The zero-order valence-corrected chi connectivity index (χ0v) is 18.6. The lowest BCUT2D eigenvalue weighted by Crippen LogP contribution is -2.60. The Balaban J connectivity index is 1.45. The van der Waals surface area contributed by atoms with Gasteiger partial charge in [0.2, 0.25) is 0 Å². The number of aliphatic hydroxyl groups excluding tert-OH is 2. The molecule has 0 radical (unpaired) electrons. The van der Waals surface area contributed by atoms with Crippen molar-refractivity contribution in [2.45, 2.75) is 43.9 Å². The number of hydrogen-bond donors (Lipinski definition) is 2. The van der Waals surface area contributed by atoms with Crippen LogP contribution in [0.1, 0.15) is 21.5 Å². The third-order valence-electron chi connectivity index (χ3n) is 5.57. The van der Waals surface area contributed by atoms with E-state index in [9.17, 15) is 15.0 Å². The summed E-state index contributed by atoms with van der Waals surface area (Å²) >= 11 is 0. The fraction of sp³-hybridized carbons (Fsp3) is 0.296. The van der Waals surface area contributed by atoms with Gasteiger partial charge in [-0.1, -0.05) is 78.9 Å².